The fraction of sp³-hybridized carbons (Fsp3) is 0.467. The third-order valence-electron chi connectivity index (χ3n) is 3.99. The van der Waals surface area contributed by atoms with Crippen LogP contribution in [0.1, 0.15) is 27.9 Å². The Morgan fingerprint density at radius 1 is 1.44 bits per heavy atom. The molecule has 0 aromatic carbocycles. The summed E-state index contributed by atoms with van der Waals surface area (Å²) in [5.74, 6) is -1.22. The summed E-state index contributed by atoms with van der Waals surface area (Å²) in [7, 11) is 0. The van der Waals surface area contributed by atoms with Gasteiger partial charge in [0.15, 0.2) is 0 Å². The van der Waals surface area contributed by atoms with Gasteiger partial charge in [-0.25, -0.2) is 0 Å². The molecule has 138 valence electrons. The molecule has 10 heteroatoms. The van der Waals surface area contributed by atoms with Crippen molar-refractivity contribution in [2.45, 2.75) is 26.1 Å². The highest BCUT2D eigenvalue weighted by Crippen LogP contribution is 2.38. The van der Waals surface area contributed by atoms with Crippen molar-refractivity contribution < 1.29 is 22.5 Å². The molecule has 1 saturated heterocycles. The van der Waals surface area contributed by atoms with Gasteiger partial charge >= 0.3 is 6.18 Å². The van der Waals surface area contributed by atoms with Gasteiger partial charge in [0.05, 0.1) is 9.75 Å². The van der Waals surface area contributed by atoms with Gasteiger partial charge in [-0.05, 0) is 26.0 Å². The number of hydrogen-bond donors (Lipinski definition) is 1. The van der Waals surface area contributed by atoms with Crippen LogP contribution in [0.25, 0.3) is 10.6 Å². The minimum absolute atomic E-state index is 0. The molecule has 1 amide bonds. The van der Waals surface area contributed by atoms with Crippen molar-refractivity contribution in [3.8, 4) is 10.6 Å². The first-order valence-electron chi connectivity index (χ1n) is 7.44. The average molecular weight is 396 g/mol. The number of aromatic nitrogens is 1. The maximum absolute atomic E-state index is 12.8. The van der Waals surface area contributed by atoms with E-state index in [0.29, 0.717) is 16.3 Å². The van der Waals surface area contributed by atoms with E-state index >= 15 is 0 Å². The lowest BCUT2D eigenvalue weighted by molar-refractivity contribution is -0.156. The zero-order valence-electron chi connectivity index (χ0n) is 13.5. The molecule has 1 N–H and O–H groups in total. The number of amides is 1. The van der Waals surface area contributed by atoms with Crippen LogP contribution in [-0.2, 0) is 6.18 Å². The second-order valence-electron chi connectivity index (χ2n) is 5.70. The first-order chi connectivity index (χ1) is 11.3. The Morgan fingerprint density at radius 2 is 2.16 bits per heavy atom. The first kappa shape index (κ1) is 19.7. The third kappa shape index (κ3) is 3.83. The van der Waals surface area contributed by atoms with Crippen molar-refractivity contribution in [2.75, 3.05) is 19.6 Å². The first-order valence-corrected chi connectivity index (χ1v) is 8.26. The van der Waals surface area contributed by atoms with E-state index < -0.39 is 11.9 Å². The summed E-state index contributed by atoms with van der Waals surface area (Å²) >= 11 is 1.13. The summed E-state index contributed by atoms with van der Waals surface area (Å²) in [6.45, 7) is 5.33. The number of nitrogens with one attached hydrogen (secondary N) is 1. The van der Waals surface area contributed by atoms with E-state index in [1.807, 2.05) is 6.92 Å². The second kappa shape index (κ2) is 7.35. The molecule has 1 aliphatic heterocycles. The monoisotopic (exact) mass is 395 g/mol. The lowest BCUT2D eigenvalue weighted by Gasteiger charge is -2.33. The van der Waals surface area contributed by atoms with E-state index in [9.17, 15) is 18.0 Å². The highest BCUT2D eigenvalue weighted by Gasteiger charge is 2.39. The molecule has 0 bridgehead atoms. The number of carbonyl (C=O) groups is 1. The maximum atomic E-state index is 12.8. The van der Waals surface area contributed by atoms with Crippen LogP contribution in [0.2, 0.25) is 0 Å². The van der Waals surface area contributed by atoms with Gasteiger partial charge in [-0.1, -0.05) is 5.16 Å². The Kier molecular flexibility index (Phi) is 5.80. The van der Waals surface area contributed by atoms with E-state index in [4.69, 9.17) is 0 Å². The Balaban J connectivity index is 0.00000225. The summed E-state index contributed by atoms with van der Waals surface area (Å²) < 4.78 is 42.8. The van der Waals surface area contributed by atoms with Crippen LogP contribution in [0.3, 0.4) is 0 Å². The van der Waals surface area contributed by atoms with Crippen molar-refractivity contribution in [2.24, 2.45) is 0 Å². The SMILES string of the molecule is Cc1c(-c2ccc(C(=O)N3CCNC[C@H]3C)s2)noc1C(F)(F)F.Cl. The summed E-state index contributed by atoms with van der Waals surface area (Å²) in [5, 5.41) is 6.74. The van der Waals surface area contributed by atoms with Gasteiger partial charge in [0.25, 0.3) is 5.91 Å². The molecule has 1 atom stereocenters. The molecule has 0 aliphatic carbocycles. The van der Waals surface area contributed by atoms with Gasteiger partial charge in [0.1, 0.15) is 5.69 Å². The molecule has 0 radical (unpaired) electrons. The second-order valence-corrected chi connectivity index (χ2v) is 6.78. The number of hydrogen-bond acceptors (Lipinski definition) is 5. The van der Waals surface area contributed by atoms with E-state index in [-0.39, 0.29) is 35.6 Å². The molecule has 0 saturated carbocycles. The molecular weight excluding hydrogens is 379 g/mol. The highest BCUT2D eigenvalue weighted by atomic mass is 35.5. The van der Waals surface area contributed by atoms with Gasteiger partial charge in [-0.3, -0.25) is 4.79 Å². The molecule has 3 heterocycles. The number of rotatable bonds is 2. The van der Waals surface area contributed by atoms with Crippen LogP contribution in [-0.4, -0.2) is 41.6 Å². The Labute approximate surface area is 152 Å². The van der Waals surface area contributed by atoms with Crippen molar-refractivity contribution in [3.63, 3.8) is 0 Å². The number of carbonyl (C=O) groups excluding carboxylic acids is 1. The fourth-order valence-electron chi connectivity index (χ4n) is 2.69. The molecular formula is C15H17ClF3N3O2S. The summed E-state index contributed by atoms with van der Waals surface area (Å²) in [6.07, 6.45) is -4.58. The standard InChI is InChI=1S/C15H16F3N3O2S.ClH/c1-8-7-19-5-6-21(8)14(22)11-4-3-10(24-11)12-9(2)13(23-20-12)15(16,17)18;/h3-4,8,19H,5-7H2,1-2H3;1H/t8-;/m1./s1. The Bertz CT molecular complexity index is 760. The van der Waals surface area contributed by atoms with Crippen LogP contribution >= 0.6 is 23.7 Å². The van der Waals surface area contributed by atoms with Crippen LogP contribution in [0.4, 0.5) is 13.2 Å². The lowest BCUT2D eigenvalue weighted by Crippen LogP contribution is -2.52. The third-order valence-corrected chi connectivity index (χ3v) is 5.07. The quantitative estimate of drug-likeness (QED) is 0.844. The number of thiophene rings is 1. The van der Waals surface area contributed by atoms with Crippen LogP contribution in [0, 0.1) is 6.92 Å². The number of nitrogens with zero attached hydrogens (tertiary/aromatic N) is 2. The molecule has 1 fully saturated rings. The average Bonchev–Trinajstić information content (AvgIpc) is 3.12. The normalized spacial score (nSPS) is 18.1. The van der Waals surface area contributed by atoms with E-state index in [2.05, 4.69) is 15.0 Å². The molecule has 0 unspecified atom stereocenters. The fourth-order valence-corrected chi connectivity index (χ4v) is 3.69. The molecule has 1 aliphatic rings. The topological polar surface area (TPSA) is 58.4 Å². The van der Waals surface area contributed by atoms with Gasteiger partial charge in [0.2, 0.25) is 5.76 Å². The number of alkyl halides is 3. The predicted octanol–water partition coefficient (Wildman–Crippen LogP) is 3.59. The number of halogens is 4. The highest BCUT2D eigenvalue weighted by molar-refractivity contribution is 7.17. The largest absolute Gasteiger partial charge is 0.452 e. The van der Waals surface area contributed by atoms with E-state index in [1.165, 1.54) is 6.92 Å². The zero-order valence-corrected chi connectivity index (χ0v) is 15.1. The zero-order chi connectivity index (χ0) is 17.5. The van der Waals surface area contributed by atoms with Crippen molar-refractivity contribution >= 4 is 29.7 Å². The summed E-state index contributed by atoms with van der Waals surface area (Å²) in [6, 6.07) is 3.30. The smallest absolute Gasteiger partial charge is 0.351 e. The van der Waals surface area contributed by atoms with Crippen molar-refractivity contribution in [3.05, 3.63) is 28.3 Å². The maximum Gasteiger partial charge on any atom is 0.452 e. The van der Waals surface area contributed by atoms with E-state index in [1.54, 1.807) is 17.0 Å². The molecule has 2 aromatic heterocycles. The molecule has 2 aromatic rings. The van der Waals surface area contributed by atoms with Gasteiger partial charge in [-0.2, -0.15) is 13.2 Å². The van der Waals surface area contributed by atoms with Crippen LogP contribution in [0.15, 0.2) is 16.7 Å². The minimum atomic E-state index is -4.58. The summed E-state index contributed by atoms with van der Waals surface area (Å²) in [5.41, 5.74) is 0.0543. The molecule has 3 rings (SSSR count). The Hall–Kier alpha value is -1.58. The molecule has 0 spiro atoms. The van der Waals surface area contributed by atoms with E-state index in [0.717, 1.165) is 24.4 Å². The molecule has 25 heavy (non-hydrogen) atoms. The van der Waals surface area contributed by atoms with Gasteiger partial charge in [0, 0.05) is 31.2 Å². The molecule has 5 nitrogen and oxygen atoms in total. The Morgan fingerprint density at radius 3 is 2.76 bits per heavy atom. The van der Waals surface area contributed by atoms with Gasteiger partial charge < -0.3 is 14.7 Å². The minimum Gasteiger partial charge on any atom is -0.351 e. The lowest BCUT2D eigenvalue weighted by atomic mass is 10.2. The van der Waals surface area contributed by atoms with Crippen molar-refractivity contribution in [1.29, 1.82) is 0 Å². The van der Waals surface area contributed by atoms with Crippen LogP contribution in [0.5, 0.6) is 0 Å². The van der Waals surface area contributed by atoms with Gasteiger partial charge in [-0.15, -0.1) is 23.7 Å². The van der Waals surface area contributed by atoms with Crippen LogP contribution < -0.4 is 5.32 Å². The summed E-state index contributed by atoms with van der Waals surface area (Å²) in [4.78, 5) is 15.3. The number of piperazine rings is 1. The van der Waals surface area contributed by atoms with Crippen molar-refractivity contribution in [1.82, 2.24) is 15.4 Å². The predicted molar refractivity (Wildman–Crippen MR) is 90.2 cm³/mol.